The summed E-state index contributed by atoms with van der Waals surface area (Å²) in [6.45, 7) is 2.85. The third-order valence-electron chi connectivity index (χ3n) is 4.97. The van der Waals surface area contributed by atoms with E-state index in [4.69, 9.17) is 14.2 Å². The number of ether oxygens (including phenoxy) is 3. The van der Waals surface area contributed by atoms with Crippen molar-refractivity contribution in [2.24, 2.45) is 0 Å². The van der Waals surface area contributed by atoms with E-state index in [1.54, 1.807) is 7.11 Å². The van der Waals surface area contributed by atoms with Gasteiger partial charge in [-0.1, -0.05) is 24.3 Å². The molecule has 2 aliphatic rings. The Morgan fingerprint density at radius 1 is 1.20 bits per heavy atom. The van der Waals surface area contributed by atoms with Gasteiger partial charge in [0.25, 0.3) is 0 Å². The van der Waals surface area contributed by atoms with E-state index in [0.29, 0.717) is 24.7 Å². The Bertz CT molecular complexity index is 744. The molecule has 132 valence electrons. The minimum atomic E-state index is 0.0177. The molecule has 1 atom stereocenters. The number of fused-ring (bicyclic) bond motifs is 2. The topological polar surface area (TPSA) is 51.2 Å². The van der Waals surface area contributed by atoms with Gasteiger partial charge < -0.3 is 19.3 Å². The fourth-order valence-electron chi connectivity index (χ4n) is 3.76. The first kappa shape index (κ1) is 16.2. The van der Waals surface area contributed by atoms with E-state index in [1.807, 2.05) is 18.2 Å². The van der Waals surface area contributed by atoms with Gasteiger partial charge in [0.15, 0.2) is 11.5 Å². The molecule has 1 unspecified atom stereocenters. The zero-order chi connectivity index (χ0) is 17.2. The van der Waals surface area contributed by atoms with Crippen LogP contribution >= 0.6 is 0 Å². The lowest BCUT2D eigenvalue weighted by Gasteiger charge is -2.36. The van der Waals surface area contributed by atoms with Crippen LogP contribution in [-0.2, 0) is 13.0 Å². The number of benzene rings is 2. The minimum absolute atomic E-state index is 0.0177. The van der Waals surface area contributed by atoms with E-state index < -0.39 is 0 Å². The molecule has 25 heavy (non-hydrogen) atoms. The molecule has 0 aliphatic carbocycles. The van der Waals surface area contributed by atoms with E-state index in [2.05, 4.69) is 23.1 Å². The Balaban J connectivity index is 1.62. The maximum atomic E-state index is 9.97. The van der Waals surface area contributed by atoms with Crippen LogP contribution in [0.5, 0.6) is 17.2 Å². The van der Waals surface area contributed by atoms with Gasteiger partial charge in [0, 0.05) is 13.1 Å². The molecule has 2 aromatic rings. The number of aliphatic hydroxyl groups excluding tert-OH is 1. The summed E-state index contributed by atoms with van der Waals surface area (Å²) in [5, 5.41) is 9.97. The molecule has 4 rings (SSSR count). The van der Waals surface area contributed by atoms with Crippen LogP contribution in [0.2, 0.25) is 0 Å². The second kappa shape index (κ2) is 6.94. The summed E-state index contributed by atoms with van der Waals surface area (Å²) < 4.78 is 16.9. The van der Waals surface area contributed by atoms with Gasteiger partial charge in [-0.2, -0.15) is 0 Å². The monoisotopic (exact) mass is 341 g/mol. The average molecular weight is 341 g/mol. The van der Waals surface area contributed by atoms with Crippen molar-refractivity contribution in [2.75, 3.05) is 33.5 Å². The van der Waals surface area contributed by atoms with Gasteiger partial charge in [-0.05, 0) is 35.2 Å². The van der Waals surface area contributed by atoms with Crippen LogP contribution in [0, 0.1) is 0 Å². The van der Waals surface area contributed by atoms with Crippen molar-refractivity contribution in [3.05, 3.63) is 53.1 Å². The number of hydrogen-bond donors (Lipinski definition) is 1. The predicted octanol–water partition coefficient (Wildman–Crippen LogP) is 2.56. The molecule has 0 saturated heterocycles. The fourth-order valence-corrected chi connectivity index (χ4v) is 3.76. The van der Waals surface area contributed by atoms with Crippen molar-refractivity contribution in [3.8, 4) is 17.2 Å². The quantitative estimate of drug-likeness (QED) is 0.926. The molecule has 1 N–H and O–H groups in total. The normalized spacial score (nSPS) is 19.4. The highest BCUT2D eigenvalue weighted by molar-refractivity contribution is 5.54. The van der Waals surface area contributed by atoms with Gasteiger partial charge in [0.2, 0.25) is 5.75 Å². The number of aliphatic hydroxyl groups is 1. The number of methoxy groups -OCH3 is 1. The number of nitrogens with zero attached hydrogens (tertiary/aromatic N) is 1. The zero-order valence-electron chi connectivity index (χ0n) is 14.4. The van der Waals surface area contributed by atoms with E-state index in [0.717, 1.165) is 30.8 Å². The van der Waals surface area contributed by atoms with Crippen LogP contribution in [0.4, 0.5) is 0 Å². The van der Waals surface area contributed by atoms with Crippen LogP contribution in [0.15, 0.2) is 36.4 Å². The van der Waals surface area contributed by atoms with Crippen LogP contribution in [0.3, 0.4) is 0 Å². The standard InChI is InChI=1S/C20H23NO4/c1-23-18-10-14(11-19-20(18)25-9-8-24-19)12-21-7-6-15-4-2-3-5-16(15)17(21)13-22/h2-5,10-11,17,22H,6-9,12-13H2,1H3. The van der Waals surface area contributed by atoms with Crippen molar-refractivity contribution < 1.29 is 19.3 Å². The number of rotatable bonds is 4. The van der Waals surface area contributed by atoms with Crippen LogP contribution < -0.4 is 14.2 Å². The SMILES string of the molecule is COc1cc(CN2CCc3ccccc3C2CO)cc2c1OCCO2. The molecule has 0 amide bonds. The third kappa shape index (κ3) is 3.05. The predicted molar refractivity (Wildman–Crippen MR) is 94.4 cm³/mol. The molecule has 0 aromatic heterocycles. The average Bonchev–Trinajstić information content (AvgIpc) is 2.67. The van der Waals surface area contributed by atoms with Gasteiger partial charge in [-0.3, -0.25) is 4.90 Å². The van der Waals surface area contributed by atoms with Gasteiger partial charge >= 0.3 is 0 Å². The highest BCUT2D eigenvalue weighted by atomic mass is 16.6. The first-order chi connectivity index (χ1) is 12.3. The van der Waals surface area contributed by atoms with Crippen molar-refractivity contribution in [2.45, 2.75) is 19.0 Å². The molecule has 2 aliphatic heterocycles. The lowest BCUT2D eigenvalue weighted by Crippen LogP contribution is -2.36. The highest BCUT2D eigenvalue weighted by Gasteiger charge is 2.27. The largest absolute Gasteiger partial charge is 0.493 e. The van der Waals surface area contributed by atoms with Crippen molar-refractivity contribution >= 4 is 0 Å². The maximum Gasteiger partial charge on any atom is 0.203 e. The summed E-state index contributed by atoms with van der Waals surface area (Å²) >= 11 is 0. The van der Waals surface area contributed by atoms with Crippen LogP contribution in [0.1, 0.15) is 22.7 Å². The molecule has 0 spiro atoms. The van der Waals surface area contributed by atoms with Crippen LogP contribution in [-0.4, -0.2) is 43.5 Å². The Labute approximate surface area is 147 Å². The maximum absolute atomic E-state index is 9.97. The van der Waals surface area contributed by atoms with E-state index >= 15 is 0 Å². The smallest absolute Gasteiger partial charge is 0.203 e. The molecule has 0 bridgehead atoms. The minimum Gasteiger partial charge on any atom is -0.493 e. The van der Waals surface area contributed by atoms with Crippen LogP contribution in [0.25, 0.3) is 0 Å². The fraction of sp³-hybridized carbons (Fsp3) is 0.400. The Morgan fingerprint density at radius 2 is 2.04 bits per heavy atom. The molecule has 0 fully saturated rings. The van der Waals surface area contributed by atoms with E-state index in [-0.39, 0.29) is 12.6 Å². The Kier molecular flexibility index (Phi) is 4.51. The first-order valence-corrected chi connectivity index (χ1v) is 8.69. The molecule has 5 nitrogen and oxygen atoms in total. The summed E-state index contributed by atoms with van der Waals surface area (Å²) in [7, 11) is 1.64. The van der Waals surface area contributed by atoms with Crippen molar-refractivity contribution in [1.82, 2.24) is 4.90 Å². The summed E-state index contributed by atoms with van der Waals surface area (Å²) in [4.78, 5) is 2.31. The molecular formula is C20H23NO4. The van der Waals surface area contributed by atoms with Crippen molar-refractivity contribution in [3.63, 3.8) is 0 Å². The molecule has 0 radical (unpaired) electrons. The summed E-state index contributed by atoms with van der Waals surface area (Å²) in [5.74, 6) is 2.11. The molecule has 5 heteroatoms. The summed E-state index contributed by atoms with van der Waals surface area (Å²) in [6, 6.07) is 12.4. The number of hydrogen-bond acceptors (Lipinski definition) is 5. The highest BCUT2D eigenvalue weighted by Crippen LogP contribution is 2.41. The summed E-state index contributed by atoms with van der Waals surface area (Å²) in [6.07, 6.45) is 0.994. The van der Waals surface area contributed by atoms with Crippen molar-refractivity contribution in [1.29, 1.82) is 0 Å². The Hall–Kier alpha value is -2.24. The second-order valence-corrected chi connectivity index (χ2v) is 6.44. The molecule has 0 saturated carbocycles. The first-order valence-electron chi connectivity index (χ1n) is 8.69. The molecule has 2 aromatic carbocycles. The van der Waals surface area contributed by atoms with E-state index in [9.17, 15) is 5.11 Å². The van der Waals surface area contributed by atoms with Gasteiger partial charge in [-0.15, -0.1) is 0 Å². The third-order valence-corrected chi connectivity index (χ3v) is 4.97. The van der Waals surface area contributed by atoms with Gasteiger partial charge in [0.05, 0.1) is 19.8 Å². The lowest BCUT2D eigenvalue weighted by molar-refractivity contribution is 0.107. The molecular weight excluding hydrogens is 318 g/mol. The molecule has 2 heterocycles. The van der Waals surface area contributed by atoms with Gasteiger partial charge in [-0.25, -0.2) is 0 Å². The Morgan fingerprint density at radius 3 is 2.88 bits per heavy atom. The second-order valence-electron chi connectivity index (χ2n) is 6.44. The lowest BCUT2D eigenvalue weighted by atomic mass is 9.92. The van der Waals surface area contributed by atoms with E-state index in [1.165, 1.54) is 11.1 Å². The van der Waals surface area contributed by atoms with Gasteiger partial charge in [0.1, 0.15) is 13.2 Å². The zero-order valence-corrected chi connectivity index (χ0v) is 14.4. The summed E-state index contributed by atoms with van der Waals surface area (Å²) in [5.41, 5.74) is 3.65.